The molecule has 1 aromatic carbocycles. The van der Waals surface area contributed by atoms with Gasteiger partial charge in [-0.1, -0.05) is 28.0 Å². The van der Waals surface area contributed by atoms with E-state index in [9.17, 15) is 0 Å². The van der Waals surface area contributed by atoms with Crippen LogP contribution in [0.4, 0.5) is 0 Å². The molecular weight excluding hydrogens is 298 g/mol. The molecule has 0 aromatic heterocycles. The van der Waals surface area contributed by atoms with Crippen LogP contribution in [0.1, 0.15) is 37.5 Å². The summed E-state index contributed by atoms with van der Waals surface area (Å²) in [5.41, 5.74) is 3.71. The van der Waals surface area contributed by atoms with E-state index in [1.807, 2.05) is 6.92 Å². The number of hydrogen-bond donors (Lipinski definition) is 0. The van der Waals surface area contributed by atoms with Crippen molar-refractivity contribution >= 4 is 33.4 Å². The molecule has 1 aliphatic heterocycles. The Morgan fingerprint density at radius 1 is 1.53 bits per heavy atom. The predicted octanol–water partition coefficient (Wildman–Crippen LogP) is 4.57. The fraction of sp³-hybridized carbons (Fsp3) is 0.462. The zero-order valence-electron chi connectivity index (χ0n) is 10.3. The Bertz CT molecular complexity index is 459. The van der Waals surface area contributed by atoms with Gasteiger partial charge in [-0.15, -0.1) is 11.8 Å². The van der Waals surface area contributed by atoms with E-state index in [-0.39, 0.29) is 6.10 Å². The SMILES string of the molecule is CCc1c(Br)ccc(SC)c1C1CC(C)=NO1. The third-order valence-electron chi connectivity index (χ3n) is 2.97. The Hall–Kier alpha value is -0.480. The lowest BCUT2D eigenvalue weighted by Crippen LogP contribution is -2.05. The van der Waals surface area contributed by atoms with Gasteiger partial charge in [0.2, 0.25) is 0 Å². The molecule has 0 N–H and O–H groups in total. The number of halogens is 1. The second kappa shape index (κ2) is 5.44. The van der Waals surface area contributed by atoms with Crippen LogP contribution in [0.2, 0.25) is 0 Å². The summed E-state index contributed by atoms with van der Waals surface area (Å²) in [6.45, 7) is 4.19. The number of thioether (sulfide) groups is 1. The van der Waals surface area contributed by atoms with Crippen molar-refractivity contribution < 1.29 is 4.84 Å². The van der Waals surface area contributed by atoms with Crippen LogP contribution in [0.15, 0.2) is 26.7 Å². The molecule has 0 saturated heterocycles. The van der Waals surface area contributed by atoms with Crippen LogP contribution in [0.5, 0.6) is 0 Å². The maximum atomic E-state index is 5.55. The Morgan fingerprint density at radius 2 is 2.29 bits per heavy atom. The largest absolute Gasteiger partial charge is 0.387 e. The second-order valence-electron chi connectivity index (χ2n) is 4.12. The minimum Gasteiger partial charge on any atom is -0.387 e. The normalized spacial score (nSPS) is 19.1. The van der Waals surface area contributed by atoms with Gasteiger partial charge in [0.05, 0.1) is 5.71 Å². The van der Waals surface area contributed by atoms with Gasteiger partial charge in [-0.05, 0) is 37.3 Å². The van der Waals surface area contributed by atoms with Gasteiger partial charge in [0.15, 0.2) is 6.10 Å². The van der Waals surface area contributed by atoms with Gasteiger partial charge in [0.1, 0.15) is 0 Å². The smallest absolute Gasteiger partial charge is 0.159 e. The molecule has 92 valence electrons. The lowest BCUT2D eigenvalue weighted by Gasteiger charge is -2.18. The van der Waals surface area contributed by atoms with Crippen molar-refractivity contribution in [2.24, 2.45) is 5.16 Å². The molecule has 0 aliphatic carbocycles. The minimum atomic E-state index is 0.0879. The van der Waals surface area contributed by atoms with Gasteiger partial charge in [-0.3, -0.25) is 0 Å². The van der Waals surface area contributed by atoms with Crippen LogP contribution in [-0.2, 0) is 11.3 Å². The molecule has 1 aromatic rings. The molecule has 1 heterocycles. The van der Waals surface area contributed by atoms with E-state index in [2.05, 4.69) is 46.4 Å². The van der Waals surface area contributed by atoms with Crippen LogP contribution in [0.25, 0.3) is 0 Å². The summed E-state index contributed by atoms with van der Waals surface area (Å²) in [5, 5.41) is 4.07. The van der Waals surface area contributed by atoms with Gasteiger partial charge in [-0.2, -0.15) is 0 Å². The van der Waals surface area contributed by atoms with Crippen LogP contribution in [-0.4, -0.2) is 12.0 Å². The zero-order chi connectivity index (χ0) is 12.4. The minimum absolute atomic E-state index is 0.0879. The third-order valence-corrected chi connectivity index (χ3v) is 4.51. The molecule has 17 heavy (non-hydrogen) atoms. The highest BCUT2D eigenvalue weighted by atomic mass is 79.9. The second-order valence-corrected chi connectivity index (χ2v) is 5.82. The number of hydrogen-bond acceptors (Lipinski definition) is 3. The van der Waals surface area contributed by atoms with Crippen molar-refractivity contribution in [1.29, 1.82) is 0 Å². The molecule has 0 radical (unpaired) electrons. The predicted molar refractivity (Wildman–Crippen MR) is 76.9 cm³/mol. The molecule has 1 aliphatic rings. The molecule has 1 atom stereocenters. The van der Waals surface area contributed by atoms with Crippen LogP contribution in [0, 0.1) is 0 Å². The van der Waals surface area contributed by atoms with Crippen LogP contribution in [0.3, 0.4) is 0 Å². The number of benzene rings is 1. The monoisotopic (exact) mass is 313 g/mol. The van der Waals surface area contributed by atoms with Crippen molar-refractivity contribution in [3.8, 4) is 0 Å². The highest BCUT2D eigenvalue weighted by Gasteiger charge is 2.26. The van der Waals surface area contributed by atoms with Gasteiger partial charge in [0, 0.05) is 21.4 Å². The van der Waals surface area contributed by atoms with Crippen molar-refractivity contribution in [3.63, 3.8) is 0 Å². The Balaban J connectivity index is 2.46. The molecule has 1 unspecified atom stereocenters. The summed E-state index contributed by atoms with van der Waals surface area (Å²) in [6.07, 6.45) is 4.10. The third kappa shape index (κ3) is 2.52. The van der Waals surface area contributed by atoms with Gasteiger partial charge >= 0.3 is 0 Å². The molecule has 2 rings (SSSR count). The van der Waals surface area contributed by atoms with E-state index < -0.39 is 0 Å². The maximum absolute atomic E-state index is 5.55. The summed E-state index contributed by atoms with van der Waals surface area (Å²) in [5.74, 6) is 0. The summed E-state index contributed by atoms with van der Waals surface area (Å²) in [7, 11) is 0. The van der Waals surface area contributed by atoms with Crippen molar-refractivity contribution in [2.45, 2.75) is 37.7 Å². The first-order valence-corrected chi connectivity index (χ1v) is 7.73. The Morgan fingerprint density at radius 3 is 2.82 bits per heavy atom. The molecule has 0 saturated carbocycles. The summed E-state index contributed by atoms with van der Waals surface area (Å²) in [4.78, 5) is 6.84. The highest BCUT2D eigenvalue weighted by molar-refractivity contribution is 9.10. The first-order valence-electron chi connectivity index (χ1n) is 5.72. The molecule has 2 nitrogen and oxygen atoms in total. The molecule has 0 bridgehead atoms. The lowest BCUT2D eigenvalue weighted by atomic mass is 9.97. The van der Waals surface area contributed by atoms with Crippen molar-refractivity contribution in [1.82, 2.24) is 0 Å². The standard InChI is InChI=1S/C13H16BrNOS/c1-4-9-10(14)5-6-12(17-3)13(9)11-7-8(2)15-16-11/h5-6,11H,4,7H2,1-3H3. The highest BCUT2D eigenvalue weighted by Crippen LogP contribution is 2.39. The maximum Gasteiger partial charge on any atom is 0.159 e. The topological polar surface area (TPSA) is 21.6 Å². The molecular formula is C13H16BrNOS. The summed E-state index contributed by atoms with van der Waals surface area (Å²) >= 11 is 5.40. The fourth-order valence-electron chi connectivity index (χ4n) is 2.16. The van der Waals surface area contributed by atoms with E-state index in [0.29, 0.717) is 0 Å². The fourth-order valence-corrected chi connectivity index (χ4v) is 3.46. The number of nitrogens with zero attached hydrogens (tertiary/aromatic N) is 1. The van der Waals surface area contributed by atoms with Crippen LogP contribution < -0.4 is 0 Å². The molecule has 0 spiro atoms. The zero-order valence-corrected chi connectivity index (χ0v) is 12.7. The molecule has 0 amide bonds. The van der Waals surface area contributed by atoms with Crippen molar-refractivity contribution in [2.75, 3.05) is 6.26 Å². The summed E-state index contributed by atoms with van der Waals surface area (Å²) < 4.78 is 1.17. The van der Waals surface area contributed by atoms with E-state index in [4.69, 9.17) is 4.84 Å². The van der Waals surface area contributed by atoms with Gasteiger partial charge in [-0.25, -0.2) is 0 Å². The Kier molecular flexibility index (Phi) is 4.15. The van der Waals surface area contributed by atoms with Gasteiger partial charge < -0.3 is 4.84 Å². The first-order chi connectivity index (χ1) is 8.17. The van der Waals surface area contributed by atoms with Crippen molar-refractivity contribution in [3.05, 3.63) is 27.7 Å². The number of oxime groups is 1. The summed E-state index contributed by atoms with van der Waals surface area (Å²) in [6, 6.07) is 4.27. The average Bonchev–Trinajstić information content (AvgIpc) is 2.75. The van der Waals surface area contributed by atoms with E-state index in [1.54, 1.807) is 11.8 Å². The Labute approximate surface area is 115 Å². The number of rotatable bonds is 3. The first kappa shape index (κ1) is 13.0. The van der Waals surface area contributed by atoms with E-state index >= 15 is 0 Å². The average molecular weight is 314 g/mol. The van der Waals surface area contributed by atoms with E-state index in [1.165, 1.54) is 20.5 Å². The van der Waals surface area contributed by atoms with E-state index in [0.717, 1.165) is 18.6 Å². The molecule has 4 heteroatoms. The van der Waals surface area contributed by atoms with Crippen LogP contribution >= 0.6 is 27.7 Å². The van der Waals surface area contributed by atoms with Gasteiger partial charge in [0.25, 0.3) is 0 Å². The quantitative estimate of drug-likeness (QED) is 0.762. The molecule has 0 fully saturated rings. The lowest BCUT2D eigenvalue weighted by molar-refractivity contribution is 0.0831.